The zero-order valence-electron chi connectivity index (χ0n) is 13.2. The maximum absolute atomic E-state index is 12.4. The van der Waals surface area contributed by atoms with Crippen molar-refractivity contribution in [2.45, 2.75) is 58.5 Å². The van der Waals surface area contributed by atoms with E-state index in [1.807, 2.05) is 25.1 Å². The Bertz CT molecular complexity index is 496. The third kappa shape index (κ3) is 4.55. The molecule has 21 heavy (non-hydrogen) atoms. The highest BCUT2D eigenvalue weighted by Gasteiger charge is 2.26. The number of carbonyl (C=O) groups excluding carboxylic acids is 1. The molecule has 0 aliphatic heterocycles. The number of benzene rings is 1. The SMILES string of the molecule is Cc1cc(Br)ccc1NC(=O)CN(C(C)C)C1CCCC1. The van der Waals surface area contributed by atoms with Crippen LogP contribution in [-0.4, -0.2) is 29.4 Å². The summed E-state index contributed by atoms with van der Waals surface area (Å²) >= 11 is 3.45. The average Bonchev–Trinajstić information content (AvgIpc) is 2.92. The van der Waals surface area contributed by atoms with Gasteiger partial charge in [-0.25, -0.2) is 0 Å². The summed E-state index contributed by atoms with van der Waals surface area (Å²) in [5.74, 6) is 0.0843. The summed E-state index contributed by atoms with van der Waals surface area (Å²) in [5, 5.41) is 3.04. The van der Waals surface area contributed by atoms with Gasteiger partial charge in [-0.2, -0.15) is 0 Å². The molecule has 0 bridgehead atoms. The normalized spacial score (nSPS) is 15.9. The predicted octanol–water partition coefficient (Wildman–Crippen LogP) is 4.35. The van der Waals surface area contributed by atoms with Gasteiger partial charge < -0.3 is 5.32 Å². The molecule has 0 heterocycles. The van der Waals surface area contributed by atoms with Gasteiger partial charge >= 0.3 is 0 Å². The van der Waals surface area contributed by atoms with Gasteiger partial charge in [-0.15, -0.1) is 0 Å². The second kappa shape index (κ2) is 7.41. The first-order valence-corrected chi connectivity index (χ1v) is 8.58. The van der Waals surface area contributed by atoms with Crippen LogP contribution in [-0.2, 0) is 4.79 Å². The van der Waals surface area contributed by atoms with Gasteiger partial charge in [0.15, 0.2) is 0 Å². The van der Waals surface area contributed by atoms with Crippen LogP contribution >= 0.6 is 15.9 Å². The molecule has 1 aliphatic rings. The number of nitrogens with zero attached hydrogens (tertiary/aromatic N) is 1. The van der Waals surface area contributed by atoms with E-state index >= 15 is 0 Å². The second-order valence-electron chi connectivity index (χ2n) is 6.21. The first-order chi connectivity index (χ1) is 9.97. The number of aryl methyl sites for hydroxylation is 1. The molecule has 0 saturated heterocycles. The van der Waals surface area contributed by atoms with Crippen molar-refractivity contribution in [1.29, 1.82) is 0 Å². The maximum atomic E-state index is 12.4. The first kappa shape index (κ1) is 16.5. The summed E-state index contributed by atoms with van der Waals surface area (Å²) in [5.41, 5.74) is 1.98. The number of amides is 1. The van der Waals surface area contributed by atoms with Gasteiger partial charge in [-0.05, 0) is 57.4 Å². The average molecular weight is 353 g/mol. The summed E-state index contributed by atoms with van der Waals surface area (Å²) in [7, 11) is 0. The molecule has 1 amide bonds. The Morgan fingerprint density at radius 3 is 2.62 bits per heavy atom. The van der Waals surface area contributed by atoms with Crippen LogP contribution in [0, 0.1) is 6.92 Å². The molecule has 0 spiro atoms. The molecular formula is C17H25BrN2O. The van der Waals surface area contributed by atoms with Gasteiger partial charge in [-0.3, -0.25) is 9.69 Å². The summed E-state index contributed by atoms with van der Waals surface area (Å²) < 4.78 is 1.03. The van der Waals surface area contributed by atoms with Crippen LogP contribution in [0.5, 0.6) is 0 Å². The second-order valence-corrected chi connectivity index (χ2v) is 7.13. The minimum atomic E-state index is 0.0843. The summed E-state index contributed by atoms with van der Waals surface area (Å²) in [6.45, 7) is 6.85. The van der Waals surface area contributed by atoms with Crippen LogP contribution < -0.4 is 5.32 Å². The van der Waals surface area contributed by atoms with E-state index in [1.165, 1.54) is 25.7 Å². The van der Waals surface area contributed by atoms with Crippen molar-refractivity contribution in [3.63, 3.8) is 0 Å². The molecule has 1 aromatic carbocycles. The van der Waals surface area contributed by atoms with Crippen LogP contribution in [0.25, 0.3) is 0 Å². The largest absolute Gasteiger partial charge is 0.325 e. The number of rotatable bonds is 5. The van der Waals surface area contributed by atoms with E-state index in [9.17, 15) is 4.79 Å². The fourth-order valence-electron chi connectivity index (χ4n) is 3.09. The third-order valence-electron chi connectivity index (χ3n) is 4.25. The summed E-state index contributed by atoms with van der Waals surface area (Å²) in [4.78, 5) is 14.7. The Hall–Kier alpha value is -0.870. The van der Waals surface area contributed by atoms with Crippen LogP contribution in [0.1, 0.15) is 45.1 Å². The summed E-state index contributed by atoms with van der Waals surface area (Å²) in [6, 6.07) is 6.91. The molecule has 116 valence electrons. The maximum Gasteiger partial charge on any atom is 0.238 e. The molecule has 1 aromatic rings. The highest BCUT2D eigenvalue weighted by molar-refractivity contribution is 9.10. The Balaban J connectivity index is 1.98. The van der Waals surface area contributed by atoms with Crippen molar-refractivity contribution in [3.8, 4) is 0 Å². The first-order valence-electron chi connectivity index (χ1n) is 7.79. The minimum absolute atomic E-state index is 0.0843. The van der Waals surface area contributed by atoms with E-state index < -0.39 is 0 Å². The molecular weight excluding hydrogens is 328 g/mol. The van der Waals surface area contributed by atoms with Crippen LogP contribution in [0.4, 0.5) is 5.69 Å². The van der Waals surface area contributed by atoms with Gasteiger partial charge in [0, 0.05) is 22.2 Å². The quantitative estimate of drug-likeness (QED) is 0.854. The standard InChI is InChI=1S/C17H25BrN2O/c1-12(2)20(15-6-4-5-7-15)11-17(21)19-16-9-8-14(18)10-13(16)3/h8-10,12,15H,4-7,11H2,1-3H3,(H,19,21). The van der Waals surface area contributed by atoms with Crippen LogP contribution in [0.15, 0.2) is 22.7 Å². The molecule has 1 N–H and O–H groups in total. The van der Waals surface area contributed by atoms with Crippen LogP contribution in [0.2, 0.25) is 0 Å². The number of hydrogen-bond donors (Lipinski definition) is 1. The van der Waals surface area contributed by atoms with Gasteiger partial charge in [0.2, 0.25) is 5.91 Å². The van der Waals surface area contributed by atoms with Crippen molar-refractivity contribution >= 4 is 27.5 Å². The van der Waals surface area contributed by atoms with Gasteiger partial charge in [-0.1, -0.05) is 28.8 Å². The van der Waals surface area contributed by atoms with Crippen molar-refractivity contribution in [1.82, 2.24) is 4.90 Å². The van der Waals surface area contributed by atoms with Gasteiger partial charge in [0.25, 0.3) is 0 Å². The zero-order valence-corrected chi connectivity index (χ0v) is 14.7. The fraction of sp³-hybridized carbons (Fsp3) is 0.588. The Morgan fingerprint density at radius 2 is 2.05 bits per heavy atom. The number of carbonyl (C=O) groups is 1. The Morgan fingerprint density at radius 1 is 1.38 bits per heavy atom. The lowest BCUT2D eigenvalue weighted by molar-refractivity contribution is -0.118. The lowest BCUT2D eigenvalue weighted by Gasteiger charge is -2.31. The number of halogens is 1. The van der Waals surface area contributed by atoms with Gasteiger partial charge in [0.1, 0.15) is 0 Å². The van der Waals surface area contributed by atoms with E-state index in [1.54, 1.807) is 0 Å². The van der Waals surface area contributed by atoms with E-state index in [-0.39, 0.29) is 5.91 Å². The van der Waals surface area contributed by atoms with E-state index in [2.05, 4.69) is 40.0 Å². The monoisotopic (exact) mass is 352 g/mol. The third-order valence-corrected chi connectivity index (χ3v) is 4.74. The zero-order chi connectivity index (χ0) is 15.4. The molecule has 0 aromatic heterocycles. The Kier molecular flexibility index (Phi) is 5.82. The lowest BCUT2D eigenvalue weighted by atomic mass is 10.1. The van der Waals surface area contributed by atoms with Crippen LogP contribution in [0.3, 0.4) is 0 Å². The smallest absolute Gasteiger partial charge is 0.238 e. The molecule has 2 rings (SSSR count). The molecule has 1 aliphatic carbocycles. The lowest BCUT2D eigenvalue weighted by Crippen LogP contribution is -2.43. The minimum Gasteiger partial charge on any atom is -0.325 e. The number of hydrogen-bond acceptors (Lipinski definition) is 2. The molecule has 0 unspecified atom stereocenters. The van der Waals surface area contributed by atoms with Crippen molar-refractivity contribution in [2.75, 3.05) is 11.9 Å². The molecule has 0 radical (unpaired) electrons. The highest BCUT2D eigenvalue weighted by Crippen LogP contribution is 2.25. The number of nitrogens with one attached hydrogen (secondary N) is 1. The molecule has 1 fully saturated rings. The van der Waals surface area contributed by atoms with Crippen molar-refractivity contribution in [2.24, 2.45) is 0 Å². The fourth-order valence-corrected chi connectivity index (χ4v) is 3.57. The molecule has 1 saturated carbocycles. The van der Waals surface area contributed by atoms with E-state index in [0.717, 1.165) is 15.7 Å². The van der Waals surface area contributed by atoms with Crippen molar-refractivity contribution < 1.29 is 4.79 Å². The number of anilines is 1. The predicted molar refractivity (Wildman–Crippen MR) is 91.6 cm³/mol. The van der Waals surface area contributed by atoms with Gasteiger partial charge in [0.05, 0.1) is 6.54 Å². The van der Waals surface area contributed by atoms with Crippen molar-refractivity contribution in [3.05, 3.63) is 28.2 Å². The Labute approximate surface area is 136 Å². The highest BCUT2D eigenvalue weighted by atomic mass is 79.9. The molecule has 0 atom stereocenters. The topological polar surface area (TPSA) is 32.3 Å². The van der Waals surface area contributed by atoms with E-state index in [4.69, 9.17) is 0 Å². The summed E-state index contributed by atoms with van der Waals surface area (Å²) in [6.07, 6.45) is 5.04. The van der Waals surface area contributed by atoms with E-state index in [0.29, 0.717) is 18.6 Å². The molecule has 3 nitrogen and oxygen atoms in total. The molecule has 4 heteroatoms.